The molecule has 5 heteroatoms. The van der Waals surface area contributed by atoms with Crippen molar-refractivity contribution in [3.63, 3.8) is 0 Å². The highest BCUT2D eigenvalue weighted by Crippen LogP contribution is 2.37. The summed E-state index contributed by atoms with van der Waals surface area (Å²) in [5.41, 5.74) is 3.77. The van der Waals surface area contributed by atoms with Crippen LogP contribution in [-0.2, 0) is 0 Å². The quantitative estimate of drug-likeness (QED) is 0.567. The van der Waals surface area contributed by atoms with Gasteiger partial charge in [-0.05, 0) is 65.7 Å². The maximum atomic E-state index is 13.8. The van der Waals surface area contributed by atoms with Gasteiger partial charge in [0.1, 0.15) is 11.6 Å². The van der Waals surface area contributed by atoms with Crippen molar-refractivity contribution in [2.75, 3.05) is 12.1 Å². The van der Waals surface area contributed by atoms with Gasteiger partial charge in [0.15, 0.2) is 0 Å². The molecule has 1 heterocycles. The third kappa shape index (κ3) is 3.67. The second-order valence-corrected chi connectivity index (χ2v) is 6.81. The number of nitrogens with zero attached hydrogens (tertiary/aromatic N) is 2. The van der Waals surface area contributed by atoms with Crippen molar-refractivity contribution in [3.8, 4) is 5.75 Å². The Bertz CT molecular complexity index is 970. The van der Waals surface area contributed by atoms with Crippen LogP contribution in [0.2, 0.25) is 5.02 Å². The van der Waals surface area contributed by atoms with Crippen LogP contribution < -0.4 is 9.75 Å². The first-order valence-corrected chi connectivity index (χ1v) is 9.04. The van der Waals surface area contributed by atoms with E-state index in [1.807, 2.05) is 59.6 Å². The average molecular weight is 381 g/mol. The summed E-state index contributed by atoms with van der Waals surface area (Å²) in [4.78, 5) is 0. The molecule has 27 heavy (non-hydrogen) atoms. The standard InChI is InChI=1S/C22H18ClFN2O/c1-27-20-11-7-15(8-12-20)21-14-22(16-5-9-17(23)10-6-16)26(25-21)19-4-2-3-18(24)13-19/h2-13,22H,14H2,1H3/t22-/m0/s1. The van der Waals surface area contributed by atoms with Crippen LogP contribution in [0.25, 0.3) is 0 Å². The van der Waals surface area contributed by atoms with Crippen molar-refractivity contribution in [2.24, 2.45) is 5.10 Å². The minimum Gasteiger partial charge on any atom is -0.497 e. The Morgan fingerprint density at radius 2 is 1.78 bits per heavy atom. The van der Waals surface area contributed by atoms with Gasteiger partial charge < -0.3 is 4.74 Å². The van der Waals surface area contributed by atoms with Crippen LogP contribution in [-0.4, -0.2) is 12.8 Å². The van der Waals surface area contributed by atoms with E-state index in [1.165, 1.54) is 12.1 Å². The molecule has 0 aliphatic carbocycles. The van der Waals surface area contributed by atoms with Crippen molar-refractivity contribution < 1.29 is 9.13 Å². The first-order chi connectivity index (χ1) is 13.1. The minimum atomic E-state index is -0.282. The molecule has 0 radical (unpaired) electrons. The van der Waals surface area contributed by atoms with Gasteiger partial charge in [0, 0.05) is 11.4 Å². The fraction of sp³-hybridized carbons (Fsp3) is 0.136. The van der Waals surface area contributed by atoms with Gasteiger partial charge in [0.05, 0.1) is 24.6 Å². The lowest BCUT2D eigenvalue weighted by atomic mass is 9.98. The van der Waals surface area contributed by atoms with Gasteiger partial charge in [-0.1, -0.05) is 29.8 Å². The lowest BCUT2D eigenvalue weighted by molar-refractivity contribution is 0.415. The van der Waals surface area contributed by atoms with Crippen LogP contribution in [0.1, 0.15) is 23.6 Å². The van der Waals surface area contributed by atoms with E-state index < -0.39 is 0 Å². The number of hydrogen-bond donors (Lipinski definition) is 0. The molecule has 0 N–H and O–H groups in total. The lowest BCUT2D eigenvalue weighted by Crippen LogP contribution is -2.18. The summed E-state index contributed by atoms with van der Waals surface area (Å²) in [6.07, 6.45) is 0.713. The van der Waals surface area contributed by atoms with Gasteiger partial charge >= 0.3 is 0 Å². The summed E-state index contributed by atoms with van der Waals surface area (Å²) in [7, 11) is 1.64. The second-order valence-electron chi connectivity index (χ2n) is 6.37. The number of benzene rings is 3. The third-order valence-electron chi connectivity index (χ3n) is 4.66. The van der Waals surface area contributed by atoms with E-state index in [2.05, 4.69) is 0 Å². The third-order valence-corrected chi connectivity index (χ3v) is 4.91. The van der Waals surface area contributed by atoms with Gasteiger partial charge in [0.25, 0.3) is 0 Å². The van der Waals surface area contributed by atoms with Crippen molar-refractivity contribution in [1.29, 1.82) is 0 Å². The SMILES string of the molecule is COc1ccc(C2=NN(c3cccc(F)c3)[C@H](c3ccc(Cl)cc3)C2)cc1. The summed E-state index contributed by atoms with van der Waals surface area (Å²) in [5, 5.41) is 7.38. The number of anilines is 1. The van der Waals surface area contributed by atoms with E-state index in [4.69, 9.17) is 21.4 Å². The molecule has 3 aromatic rings. The molecule has 1 aliphatic rings. The number of methoxy groups -OCH3 is 1. The zero-order valence-electron chi connectivity index (χ0n) is 14.8. The Morgan fingerprint density at radius 1 is 1.04 bits per heavy atom. The molecule has 3 nitrogen and oxygen atoms in total. The number of rotatable bonds is 4. The molecular formula is C22H18ClFN2O. The van der Waals surface area contributed by atoms with E-state index in [-0.39, 0.29) is 11.9 Å². The molecule has 0 amide bonds. The molecule has 0 aromatic heterocycles. The zero-order valence-corrected chi connectivity index (χ0v) is 15.5. The topological polar surface area (TPSA) is 24.8 Å². The summed E-state index contributed by atoms with van der Waals surface area (Å²) < 4.78 is 19.0. The van der Waals surface area contributed by atoms with E-state index in [1.54, 1.807) is 13.2 Å². The molecule has 4 rings (SSSR count). The summed E-state index contributed by atoms with van der Waals surface area (Å²) >= 11 is 6.04. The molecule has 136 valence electrons. The Hall–Kier alpha value is -2.85. The monoisotopic (exact) mass is 380 g/mol. The summed E-state index contributed by atoms with van der Waals surface area (Å²) in [5.74, 6) is 0.518. The van der Waals surface area contributed by atoms with Crippen LogP contribution in [0.5, 0.6) is 5.75 Å². The number of hydrogen-bond acceptors (Lipinski definition) is 3. The van der Waals surface area contributed by atoms with Crippen LogP contribution in [0, 0.1) is 5.82 Å². The summed E-state index contributed by atoms with van der Waals surface area (Å²) in [6, 6.07) is 22.0. The van der Waals surface area contributed by atoms with Crippen molar-refractivity contribution >= 4 is 23.0 Å². The van der Waals surface area contributed by atoms with Gasteiger partial charge in [-0.3, -0.25) is 5.01 Å². The lowest BCUT2D eigenvalue weighted by Gasteiger charge is -2.24. The normalized spacial score (nSPS) is 16.3. The van der Waals surface area contributed by atoms with Gasteiger partial charge in [0.2, 0.25) is 0 Å². The van der Waals surface area contributed by atoms with Gasteiger partial charge in [-0.2, -0.15) is 5.10 Å². The second kappa shape index (κ2) is 7.41. The highest BCUT2D eigenvalue weighted by molar-refractivity contribution is 6.30. The van der Waals surface area contributed by atoms with Crippen LogP contribution >= 0.6 is 11.6 Å². The molecule has 0 unspecified atom stereocenters. The molecule has 0 saturated carbocycles. The maximum Gasteiger partial charge on any atom is 0.125 e. The minimum absolute atomic E-state index is 0.0267. The fourth-order valence-electron chi connectivity index (χ4n) is 3.27. The van der Waals surface area contributed by atoms with Crippen molar-refractivity contribution in [2.45, 2.75) is 12.5 Å². The van der Waals surface area contributed by atoms with Crippen LogP contribution in [0.15, 0.2) is 77.9 Å². The van der Waals surface area contributed by atoms with E-state index in [0.717, 1.165) is 28.3 Å². The molecule has 0 saturated heterocycles. The Morgan fingerprint density at radius 3 is 2.44 bits per heavy atom. The average Bonchev–Trinajstić information content (AvgIpc) is 3.14. The highest BCUT2D eigenvalue weighted by atomic mass is 35.5. The van der Waals surface area contributed by atoms with Crippen molar-refractivity contribution in [3.05, 3.63) is 94.8 Å². The summed E-state index contributed by atoms with van der Waals surface area (Å²) in [6.45, 7) is 0. The zero-order chi connectivity index (χ0) is 18.8. The molecular weight excluding hydrogens is 363 g/mol. The number of halogens is 2. The molecule has 1 aliphatic heterocycles. The number of ether oxygens (including phenoxy) is 1. The first-order valence-electron chi connectivity index (χ1n) is 8.66. The molecule has 0 spiro atoms. The van der Waals surface area contributed by atoms with E-state index >= 15 is 0 Å². The Balaban J connectivity index is 1.73. The van der Waals surface area contributed by atoms with Crippen LogP contribution in [0.3, 0.4) is 0 Å². The highest BCUT2D eigenvalue weighted by Gasteiger charge is 2.30. The van der Waals surface area contributed by atoms with Gasteiger partial charge in [-0.25, -0.2) is 4.39 Å². The maximum absolute atomic E-state index is 13.8. The fourth-order valence-corrected chi connectivity index (χ4v) is 3.40. The predicted octanol–water partition coefficient (Wildman–Crippen LogP) is 5.84. The largest absolute Gasteiger partial charge is 0.497 e. The molecule has 3 aromatic carbocycles. The smallest absolute Gasteiger partial charge is 0.125 e. The predicted molar refractivity (Wildman–Crippen MR) is 107 cm³/mol. The van der Waals surface area contributed by atoms with Gasteiger partial charge in [-0.15, -0.1) is 0 Å². The molecule has 0 bridgehead atoms. The van der Waals surface area contributed by atoms with Crippen LogP contribution in [0.4, 0.5) is 10.1 Å². The molecule has 1 atom stereocenters. The van der Waals surface area contributed by atoms with Crippen molar-refractivity contribution in [1.82, 2.24) is 0 Å². The Labute approximate surface area is 162 Å². The number of hydrazone groups is 1. The van der Waals surface area contributed by atoms with E-state index in [0.29, 0.717) is 11.4 Å². The molecule has 0 fully saturated rings. The first kappa shape index (κ1) is 17.6. The Kier molecular flexibility index (Phi) is 4.82. The van der Waals surface area contributed by atoms with E-state index in [9.17, 15) is 4.39 Å².